The third-order valence-electron chi connectivity index (χ3n) is 2.04. The smallest absolute Gasteiger partial charge is 0.380 e. The molecule has 0 aliphatic heterocycles. The average Bonchev–Trinajstić information content (AvgIpc) is 2.63. The van der Waals surface area contributed by atoms with Crippen LogP contribution < -0.4 is 0 Å². The molecule has 1 atom stereocenters. The number of hydrogen-bond donors (Lipinski definition) is 1. The van der Waals surface area contributed by atoms with E-state index in [-0.39, 0.29) is 11.5 Å². The van der Waals surface area contributed by atoms with Crippen LogP contribution in [0.4, 0.5) is 8.78 Å². The number of thiophene rings is 1. The molecule has 0 aliphatic carbocycles. The van der Waals surface area contributed by atoms with Crippen LogP contribution in [0, 0.1) is 6.92 Å². The summed E-state index contributed by atoms with van der Waals surface area (Å²) in [6.45, 7) is 2.87. The predicted octanol–water partition coefficient (Wildman–Crippen LogP) is 2.29. The molecule has 1 N–H and O–H groups in total. The first-order valence-electron chi connectivity index (χ1n) is 4.68. The van der Waals surface area contributed by atoms with Crippen LogP contribution in [0.1, 0.15) is 23.5 Å². The molecule has 0 saturated heterocycles. The summed E-state index contributed by atoms with van der Waals surface area (Å²) in [5, 5.41) is 11.1. The number of hydrogen-bond acceptors (Lipinski definition) is 4. The minimum atomic E-state index is -3.91. The first-order chi connectivity index (χ1) is 7.41. The van der Waals surface area contributed by atoms with Crippen molar-refractivity contribution in [3.63, 3.8) is 0 Å². The lowest BCUT2D eigenvalue weighted by atomic mass is 10.1. The van der Waals surface area contributed by atoms with Gasteiger partial charge in [-0.1, -0.05) is 0 Å². The van der Waals surface area contributed by atoms with Gasteiger partial charge in [-0.2, -0.15) is 8.78 Å². The highest BCUT2D eigenvalue weighted by Gasteiger charge is 2.49. The van der Waals surface area contributed by atoms with Gasteiger partial charge in [0.1, 0.15) is 0 Å². The highest BCUT2D eigenvalue weighted by Crippen LogP contribution is 2.36. The van der Waals surface area contributed by atoms with Crippen molar-refractivity contribution in [1.82, 2.24) is 0 Å². The maximum atomic E-state index is 13.4. The van der Waals surface area contributed by atoms with Gasteiger partial charge in [-0.15, -0.1) is 11.3 Å². The number of carbonyl (C=O) groups excluding carboxylic acids is 1. The molecule has 1 heterocycles. The number of ether oxygens (including phenoxy) is 1. The Hall–Kier alpha value is -1.01. The Labute approximate surface area is 95.7 Å². The molecule has 3 nitrogen and oxygen atoms in total. The fraction of sp³-hybridized carbons (Fsp3) is 0.500. The molecule has 90 valence electrons. The normalized spacial score (nSPS) is 13.6. The lowest BCUT2D eigenvalue weighted by molar-refractivity contribution is -0.188. The molecule has 0 bridgehead atoms. The van der Waals surface area contributed by atoms with Gasteiger partial charge in [0.25, 0.3) is 0 Å². The standard InChI is InChI=1S/C10H12F2O3S/c1-3-15-9(14)10(11,12)8(13)7-6(2)4-5-16-7/h4-5,8,13H,3H2,1-2H3. The van der Waals surface area contributed by atoms with Gasteiger partial charge in [-0.05, 0) is 30.9 Å². The fourth-order valence-electron chi connectivity index (χ4n) is 1.17. The molecule has 16 heavy (non-hydrogen) atoms. The van der Waals surface area contributed by atoms with Gasteiger partial charge in [0.2, 0.25) is 0 Å². The first kappa shape index (κ1) is 13.1. The van der Waals surface area contributed by atoms with E-state index in [1.807, 2.05) is 0 Å². The van der Waals surface area contributed by atoms with Gasteiger partial charge in [0.15, 0.2) is 6.10 Å². The van der Waals surface area contributed by atoms with Crippen LogP contribution in [0.5, 0.6) is 0 Å². The van der Waals surface area contributed by atoms with E-state index >= 15 is 0 Å². The third-order valence-corrected chi connectivity index (χ3v) is 3.11. The number of alkyl halides is 2. The zero-order valence-electron chi connectivity index (χ0n) is 8.87. The van der Waals surface area contributed by atoms with E-state index in [4.69, 9.17) is 0 Å². The Balaban J connectivity index is 2.92. The Morgan fingerprint density at radius 3 is 2.75 bits per heavy atom. The zero-order chi connectivity index (χ0) is 12.3. The average molecular weight is 250 g/mol. The highest BCUT2D eigenvalue weighted by molar-refractivity contribution is 7.10. The minimum absolute atomic E-state index is 0.0815. The number of aliphatic hydroxyl groups excluding tert-OH is 1. The third kappa shape index (κ3) is 2.38. The SMILES string of the molecule is CCOC(=O)C(F)(F)C(O)c1sccc1C. The predicted molar refractivity (Wildman–Crippen MR) is 55.6 cm³/mol. The van der Waals surface area contributed by atoms with Crippen molar-refractivity contribution >= 4 is 17.3 Å². The molecule has 1 unspecified atom stereocenters. The number of halogens is 2. The summed E-state index contributed by atoms with van der Waals surface area (Å²) in [5.74, 6) is -5.61. The van der Waals surface area contributed by atoms with E-state index in [2.05, 4.69) is 4.74 Å². The monoisotopic (exact) mass is 250 g/mol. The van der Waals surface area contributed by atoms with Gasteiger partial charge in [-0.3, -0.25) is 0 Å². The molecule has 1 aromatic rings. The van der Waals surface area contributed by atoms with E-state index in [0.29, 0.717) is 5.56 Å². The molecule has 1 aromatic heterocycles. The highest BCUT2D eigenvalue weighted by atomic mass is 32.1. The number of aryl methyl sites for hydroxylation is 1. The van der Waals surface area contributed by atoms with Crippen molar-refractivity contribution in [2.75, 3.05) is 6.61 Å². The van der Waals surface area contributed by atoms with Crippen molar-refractivity contribution in [2.45, 2.75) is 25.9 Å². The summed E-state index contributed by atoms with van der Waals surface area (Å²) in [7, 11) is 0. The largest absolute Gasteiger partial charge is 0.461 e. The van der Waals surface area contributed by atoms with Crippen LogP contribution in [-0.2, 0) is 9.53 Å². The molecule has 0 aliphatic rings. The van der Waals surface area contributed by atoms with E-state index in [1.165, 1.54) is 6.92 Å². The van der Waals surface area contributed by atoms with Crippen LogP contribution in [0.2, 0.25) is 0 Å². The Kier molecular flexibility index (Phi) is 3.98. The second-order valence-electron chi connectivity index (χ2n) is 3.21. The lowest BCUT2D eigenvalue weighted by Gasteiger charge is -2.20. The Morgan fingerprint density at radius 2 is 2.31 bits per heavy atom. The number of esters is 1. The van der Waals surface area contributed by atoms with E-state index in [1.54, 1.807) is 18.4 Å². The second kappa shape index (κ2) is 4.88. The van der Waals surface area contributed by atoms with Gasteiger partial charge in [0.05, 0.1) is 6.61 Å². The molecular weight excluding hydrogens is 238 g/mol. The van der Waals surface area contributed by atoms with Crippen molar-refractivity contribution in [3.8, 4) is 0 Å². The van der Waals surface area contributed by atoms with Gasteiger partial charge < -0.3 is 9.84 Å². The molecule has 0 spiro atoms. The van der Waals surface area contributed by atoms with Crippen LogP contribution >= 0.6 is 11.3 Å². The summed E-state index contributed by atoms with van der Waals surface area (Å²) in [6, 6.07) is 1.60. The summed E-state index contributed by atoms with van der Waals surface area (Å²) in [5.41, 5.74) is 0.529. The molecule has 0 fully saturated rings. The minimum Gasteiger partial charge on any atom is -0.461 e. The van der Waals surface area contributed by atoms with Gasteiger partial charge >= 0.3 is 11.9 Å². The number of rotatable bonds is 4. The summed E-state index contributed by atoms with van der Waals surface area (Å²) >= 11 is 0.982. The quantitative estimate of drug-likeness (QED) is 0.834. The second-order valence-corrected chi connectivity index (χ2v) is 4.16. The molecule has 0 amide bonds. The Bertz CT molecular complexity index is 376. The molecule has 0 radical (unpaired) electrons. The summed E-state index contributed by atoms with van der Waals surface area (Å²) in [4.78, 5) is 11.1. The zero-order valence-corrected chi connectivity index (χ0v) is 9.68. The first-order valence-corrected chi connectivity index (χ1v) is 5.56. The van der Waals surface area contributed by atoms with Crippen LogP contribution in [0.15, 0.2) is 11.4 Å². The van der Waals surface area contributed by atoms with Crippen molar-refractivity contribution in [1.29, 1.82) is 0 Å². The fourth-order valence-corrected chi connectivity index (χ4v) is 2.12. The molecule has 0 saturated carbocycles. The van der Waals surface area contributed by atoms with E-state index < -0.39 is 18.0 Å². The Morgan fingerprint density at radius 1 is 1.69 bits per heavy atom. The van der Waals surface area contributed by atoms with Crippen LogP contribution in [-0.4, -0.2) is 23.6 Å². The molecule has 6 heteroatoms. The number of carbonyl (C=O) groups is 1. The maximum Gasteiger partial charge on any atom is 0.380 e. The molecular formula is C10H12F2O3S. The van der Waals surface area contributed by atoms with Crippen molar-refractivity contribution in [2.24, 2.45) is 0 Å². The van der Waals surface area contributed by atoms with Crippen molar-refractivity contribution in [3.05, 3.63) is 21.9 Å². The van der Waals surface area contributed by atoms with E-state index in [0.717, 1.165) is 11.3 Å². The van der Waals surface area contributed by atoms with Crippen LogP contribution in [0.25, 0.3) is 0 Å². The van der Waals surface area contributed by atoms with Crippen LogP contribution in [0.3, 0.4) is 0 Å². The van der Waals surface area contributed by atoms with Gasteiger partial charge in [-0.25, -0.2) is 4.79 Å². The molecule has 1 rings (SSSR count). The lowest BCUT2D eigenvalue weighted by Crippen LogP contribution is -2.37. The summed E-state index contributed by atoms with van der Waals surface area (Å²) in [6.07, 6.45) is -2.15. The van der Waals surface area contributed by atoms with Crippen molar-refractivity contribution < 1.29 is 23.4 Å². The topological polar surface area (TPSA) is 46.5 Å². The van der Waals surface area contributed by atoms with Gasteiger partial charge in [0, 0.05) is 4.88 Å². The maximum absolute atomic E-state index is 13.4. The van der Waals surface area contributed by atoms with E-state index in [9.17, 15) is 18.7 Å². The number of aliphatic hydroxyl groups is 1. The molecule has 0 aromatic carbocycles. The summed E-state index contributed by atoms with van der Waals surface area (Å²) < 4.78 is 31.1.